The van der Waals surface area contributed by atoms with Gasteiger partial charge in [0, 0.05) is 0 Å². The highest BCUT2D eigenvalue weighted by atomic mass is 32.3. The third-order valence-corrected chi connectivity index (χ3v) is 2.68. The van der Waals surface area contributed by atoms with Gasteiger partial charge in [-0.15, -0.1) is 6.58 Å². The Balaban J connectivity index is 0. The van der Waals surface area contributed by atoms with Crippen molar-refractivity contribution in [1.29, 1.82) is 0 Å². The summed E-state index contributed by atoms with van der Waals surface area (Å²) in [5.41, 5.74) is 0. The smallest absolute Gasteiger partial charge is 0.281 e. The first-order valence-corrected chi connectivity index (χ1v) is 5.81. The van der Waals surface area contributed by atoms with Crippen molar-refractivity contribution in [2.75, 3.05) is 5.08 Å². The fourth-order valence-electron chi connectivity index (χ4n) is 0.188. The summed E-state index contributed by atoms with van der Waals surface area (Å²) >= 11 is 0. The van der Waals surface area contributed by atoms with E-state index >= 15 is 0 Å². The van der Waals surface area contributed by atoms with Crippen LogP contribution in [0.1, 0.15) is 6.92 Å². The number of rotatable bonds is 2. The summed E-state index contributed by atoms with van der Waals surface area (Å²) in [5.74, 6) is 0. The zero-order valence-electron chi connectivity index (χ0n) is 6.34. The molecular weight excluding hydrogens is 208 g/mol. The van der Waals surface area contributed by atoms with Crippen LogP contribution in [0, 0.1) is 0 Å². The van der Waals surface area contributed by atoms with Crippen molar-refractivity contribution in [3.63, 3.8) is 0 Å². The van der Waals surface area contributed by atoms with E-state index < -0.39 is 25.3 Å². The third-order valence-electron chi connectivity index (χ3n) is 0.298. The van der Waals surface area contributed by atoms with Crippen LogP contribution in [0.5, 0.6) is 0 Å². The lowest BCUT2D eigenvalue weighted by Crippen LogP contribution is -2.13. The van der Waals surface area contributed by atoms with Gasteiger partial charge in [-0.05, 0) is 6.92 Å². The summed E-state index contributed by atoms with van der Waals surface area (Å²) in [7, 11) is -9.24. The van der Waals surface area contributed by atoms with Crippen LogP contribution in [-0.2, 0) is 20.2 Å². The maximum Gasteiger partial charge on any atom is 0.281 e. The molecule has 0 heterocycles. The Labute approximate surface area is 71.4 Å². The zero-order chi connectivity index (χ0) is 10.4. The van der Waals surface area contributed by atoms with Gasteiger partial charge in [0.05, 0.1) is 0 Å². The molecule has 8 heteroatoms. The van der Waals surface area contributed by atoms with Gasteiger partial charge >= 0.3 is 0 Å². The topological polar surface area (TPSA) is 109 Å². The Morgan fingerprint density at radius 2 is 1.33 bits per heavy atom. The number of hydrogen-bond acceptors (Lipinski definition) is 4. The molecule has 2 N–H and O–H groups in total. The van der Waals surface area contributed by atoms with Crippen LogP contribution >= 0.6 is 0 Å². The standard InChI is InChI=1S/C3H6.CH4O6S2/c1-3-2;2-8(3,4)1-9(5,6)7/h3H,1H2,2H3;1H2,(H,2,3,4)(H,5,6,7). The highest BCUT2D eigenvalue weighted by Crippen LogP contribution is 1.88. The van der Waals surface area contributed by atoms with Crippen LogP contribution in [0.2, 0.25) is 0 Å². The molecule has 0 aromatic rings. The van der Waals surface area contributed by atoms with Gasteiger partial charge in [0.1, 0.15) is 0 Å². The van der Waals surface area contributed by atoms with Crippen LogP contribution in [0.4, 0.5) is 0 Å². The van der Waals surface area contributed by atoms with Gasteiger partial charge in [0.25, 0.3) is 20.2 Å². The minimum atomic E-state index is -4.62. The molecule has 0 saturated carbocycles. The van der Waals surface area contributed by atoms with Crippen LogP contribution < -0.4 is 0 Å². The summed E-state index contributed by atoms with van der Waals surface area (Å²) in [6.45, 7) is 5.25. The lowest BCUT2D eigenvalue weighted by Gasteiger charge is -1.89. The Bertz CT molecular complexity index is 279. The largest absolute Gasteiger partial charge is 0.285 e. The van der Waals surface area contributed by atoms with Crippen LogP contribution in [0.3, 0.4) is 0 Å². The lowest BCUT2D eigenvalue weighted by molar-refractivity contribution is 0.471. The van der Waals surface area contributed by atoms with Crippen LogP contribution in [0.15, 0.2) is 12.7 Å². The fourth-order valence-corrected chi connectivity index (χ4v) is 1.69. The Morgan fingerprint density at radius 1 is 1.17 bits per heavy atom. The predicted molar refractivity (Wildman–Crippen MR) is 43.8 cm³/mol. The molecule has 74 valence electrons. The zero-order valence-corrected chi connectivity index (χ0v) is 7.97. The molecule has 0 atom stereocenters. The quantitative estimate of drug-likeness (QED) is 0.495. The van der Waals surface area contributed by atoms with Gasteiger partial charge in [-0.2, -0.15) is 16.8 Å². The molecule has 12 heavy (non-hydrogen) atoms. The predicted octanol–water partition coefficient (Wildman–Crippen LogP) is -0.0882. The molecule has 0 spiro atoms. The van der Waals surface area contributed by atoms with Gasteiger partial charge in [0.15, 0.2) is 0 Å². The monoisotopic (exact) mass is 218 g/mol. The van der Waals surface area contributed by atoms with E-state index in [1.807, 2.05) is 6.92 Å². The Hall–Kier alpha value is -0.440. The molecule has 0 aliphatic heterocycles. The average molecular weight is 218 g/mol. The minimum Gasteiger partial charge on any atom is -0.285 e. The van der Waals surface area contributed by atoms with E-state index in [4.69, 9.17) is 9.11 Å². The summed E-state index contributed by atoms with van der Waals surface area (Å²) in [6, 6.07) is 0. The van der Waals surface area contributed by atoms with E-state index in [2.05, 4.69) is 6.58 Å². The van der Waals surface area contributed by atoms with E-state index in [9.17, 15) is 16.8 Å². The number of allylic oxidation sites excluding steroid dienone is 1. The van der Waals surface area contributed by atoms with Crippen molar-refractivity contribution < 1.29 is 25.9 Å². The fraction of sp³-hybridized carbons (Fsp3) is 0.500. The van der Waals surface area contributed by atoms with Crippen molar-refractivity contribution in [2.45, 2.75) is 6.92 Å². The second-order valence-corrected chi connectivity index (χ2v) is 4.96. The molecule has 0 aliphatic carbocycles. The molecule has 0 fully saturated rings. The summed E-state index contributed by atoms with van der Waals surface area (Å²) < 4.78 is 54.2. The molecule has 6 nitrogen and oxygen atoms in total. The number of hydrogen-bond donors (Lipinski definition) is 2. The molecule has 0 radical (unpaired) electrons. The lowest BCUT2D eigenvalue weighted by atomic mass is 10.8. The first-order valence-electron chi connectivity index (χ1n) is 2.59. The SMILES string of the molecule is C=CC.O=S(=O)(O)CS(=O)(=O)O. The Morgan fingerprint density at radius 3 is 1.33 bits per heavy atom. The maximum atomic E-state index is 9.66. The molecule has 0 aromatic heterocycles. The normalized spacial score (nSPS) is 11.2. The van der Waals surface area contributed by atoms with E-state index in [0.29, 0.717) is 0 Å². The van der Waals surface area contributed by atoms with Crippen molar-refractivity contribution in [1.82, 2.24) is 0 Å². The van der Waals surface area contributed by atoms with Crippen LogP contribution in [0.25, 0.3) is 0 Å². The molecule has 0 saturated heterocycles. The van der Waals surface area contributed by atoms with E-state index in [0.717, 1.165) is 0 Å². The average Bonchev–Trinajstić information content (AvgIpc) is 1.53. The second kappa shape index (κ2) is 5.25. The molecule has 0 amide bonds. The van der Waals surface area contributed by atoms with Gasteiger partial charge < -0.3 is 0 Å². The van der Waals surface area contributed by atoms with E-state index in [-0.39, 0.29) is 0 Å². The maximum absolute atomic E-state index is 9.66. The summed E-state index contributed by atoms with van der Waals surface area (Å²) in [5, 5.41) is -1.65. The molecule has 0 bridgehead atoms. The van der Waals surface area contributed by atoms with Crippen molar-refractivity contribution in [3.8, 4) is 0 Å². The molecule has 0 aromatic carbocycles. The summed E-state index contributed by atoms with van der Waals surface area (Å²) in [6.07, 6.45) is 1.75. The van der Waals surface area contributed by atoms with E-state index in [1.54, 1.807) is 6.08 Å². The van der Waals surface area contributed by atoms with Crippen LogP contribution in [-0.4, -0.2) is 31.0 Å². The van der Waals surface area contributed by atoms with Crippen molar-refractivity contribution >= 4 is 20.2 Å². The first kappa shape index (κ1) is 14.1. The third kappa shape index (κ3) is 22.7. The molecule has 0 unspecified atom stereocenters. The second-order valence-electron chi connectivity index (χ2n) is 1.69. The minimum absolute atomic E-state index is 1.65. The highest BCUT2D eigenvalue weighted by molar-refractivity contribution is 8.02. The highest BCUT2D eigenvalue weighted by Gasteiger charge is 2.15. The van der Waals surface area contributed by atoms with E-state index in [1.165, 1.54) is 0 Å². The van der Waals surface area contributed by atoms with Gasteiger partial charge in [-0.25, -0.2) is 0 Å². The molecule has 0 aliphatic rings. The van der Waals surface area contributed by atoms with Gasteiger partial charge in [-0.3, -0.25) is 9.11 Å². The Kier molecular flexibility index (Phi) is 6.17. The van der Waals surface area contributed by atoms with Crippen molar-refractivity contribution in [2.24, 2.45) is 0 Å². The molecular formula is C4H10O6S2. The summed E-state index contributed by atoms with van der Waals surface area (Å²) in [4.78, 5) is 0. The van der Waals surface area contributed by atoms with Crippen molar-refractivity contribution in [3.05, 3.63) is 12.7 Å². The van der Waals surface area contributed by atoms with Gasteiger partial charge in [-0.1, -0.05) is 6.08 Å². The first-order chi connectivity index (χ1) is 5.12. The molecule has 0 rings (SSSR count). The van der Waals surface area contributed by atoms with Gasteiger partial charge in [0.2, 0.25) is 5.08 Å².